The van der Waals surface area contributed by atoms with E-state index in [1.807, 2.05) is 24.3 Å². The zero-order chi connectivity index (χ0) is 17.7. The molecule has 0 aromatic heterocycles. The molecule has 1 N–H and O–H groups in total. The van der Waals surface area contributed by atoms with Crippen molar-refractivity contribution in [3.63, 3.8) is 0 Å². The first kappa shape index (κ1) is 16.3. The lowest BCUT2D eigenvalue weighted by molar-refractivity contribution is 0.395. The summed E-state index contributed by atoms with van der Waals surface area (Å²) < 4.78 is 33.4. The third kappa shape index (κ3) is 2.32. The molecule has 3 aromatic carbocycles. The van der Waals surface area contributed by atoms with Crippen LogP contribution in [0.3, 0.4) is 0 Å². The van der Waals surface area contributed by atoms with Gasteiger partial charge >= 0.3 is 0 Å². The maximum Gasteiger partial charge on any atom is 0.275 e. The van der Waals surface area contributed by atoms with Crippen LogP contribution in [0.2, 0.25) is 0 Å². The van der Waals surface area contributed by atoms with Crippen molar-refractivity contribution in [3.05, 3.63) is 72.3 Å². The first-order valence-electron chi connectivity index (χ1n) is 8.50. The molecule has 0 heterocycles. The quantitative estimate of drug-likeness (QED) is 0.410. The molecule has 1 aliphatic carbocycles. The Balaban J connectivity index is 2.09. The van der Waals surface area contributed by atoms with Crippen LogP contribution in [-0.2, 0) is 21.3 Å². The fourth-order valence-corrected chi connectivity index (χ4v) is 5.55. The molecule has 0 saturated heterocycles. The van der Waals surface area contributed by atoms with Gasteiger partial charge in [-0.1, -0.05) is 54.6 Å². The maximum absolute atomic E-state index is 12.3. The lowest BCUT2D eigenvalue weighted by Crippen LogP contribution is -2.38. The molecule has 0 bridgehead atoms. The molecule has 0 saturated carbocycles. The predicted octanol–water partition coefficient (Wildman–Crippen LogP) is 4.99. The summed E-state index contributed by atoms with van der Waals surface area (Å²) >= 11 is 0. The van der Waals surface area contributed by atoms with Crippen molar-refractivity contribution in [2.75, 3.05) is 0 Å². The highest BCUT2D eigenvalue weighted by Crippen LogP contribution is 2.46. The Morgan fingerprint density at radius 2 is 1.80 bits per heavy atom. The van der Waals surface area contributed by atoms with Crippen LogP contribution in [0.25, 0.3) is 21.5 Å². The molecule has 1 aliphatic rings. The zero-order valence-electron chi connectivity index (χ0n) is 13.9. The van der Waals surface area contributed by atoms with E-state index in [4.69, 9.17) is 0 Å². The average molecular weight is 352 g/mol. The molecule has 4 rings (SSSR count). The minimum Gasteiger partial charge on any atom is -0.285 e. The number of fused-ring (bicyclic) bond motifs is 5. The van der Waals surface area contributed by atoms with Gasteiger partial charge in [0.2, 0.25) is 0 Å². The van der Waals surface area contributed by atoms with Gasteiger partial charge in [-0.3, -0.25) is 4.55 Å². The average Bonchev–Trinajstić information content (AvgIpc) is 2.60. The summed E-state index contributed by atoms with van der Waals surface area (Å²) in [6.07, 6.45) is 3.78. The van der Waals surface area contributed by atoms with E-state index in [2.05, 4.69) is 30.8 Å². The Hall–Kier alpha value is -2.17. The number of hydrogen-bond donors (Lipinski definition) is 1. The smallest absolute Gasteiger partial charge is 0.275 e. The van der Waals surface area contributed by atoms with Crippen LogP contribution in [-0.4, -0.2) is 13.0 Å². The number of aryl methyl sites for hydroxylation is 1. The summed E-state index contributed by atoms with van der Waals surface area (Å²) in [5.41, 5.74) is 1.76. The lowest BCUT2D eigenvalue weighted by atomic mass is 9.78. The van der Waals surface area contributed by atoms with Crippen molar-refractivity contribution in [1.29, 1.82) is 0 Å². The van der Waals surface area contributed by atoms with E-state index in [1.54, 1.807) is 6.08 Å². The topological polar surface area (TPSA) is 54.4 Å². The number of allylic oxidation sites excluding steroid dienone is 1. The molecule has 0 amide bonds. The van der Waals surface area contributed by atoms with Crippen molar-refractivity contribution in [2.24, 2.45) is 0 Å². The van der Waals surface area contributed by atoms with Gasteiger partial charge in [-0.05, 0) is 58.4 Å². The third-order valence-corrected chi connectivity index (χ3v) is 7.08. The van der Waals surface area contributed by atoms with Crippen molar-refractivity contribution < 1.29 is 13.0 Å². The van der Waals surface area contributed by atoms with Gasteiger partial charge in [-0.25, -0.2) is 0 Å². The molecule has 0 radical (unpaired) electrons. The summed E-state index contributed by atoms with van der Waals surface area (Å²) in [6.45, 7) is 3.71. The number of benzene rings is 3. The van der Waals surface area contributed by atoms with E-state index in [1.165, 1.54) is 0 Å². The Labute approximate surface area is 147 Å². The molecular formula is C21H20O3S. The highest BCUT2D eigenvalue weighted by molar-refractivity contribution is 7.86. The van der Waals surface area contributed by atoms with Gasteiger partial charge in [0.05, 0.1) is 0 Å². The van der Waals surface area contributed by atoms with E-state index < -0.39 is 14.9 Å². The normalized spacial score (nSPS) is 20.5. The summed E-state index contributed by atoms with van der Waals surface area (Å²) in [4.78, 5) is 0. The van der Waals surface area contributed by atoms with Gasteiger partial charge in [-0.2, -0.15) is 8.42 Å². The van der Waals surface area contributed by atoms with Crippen LogP contribution in [0.1, 0.15) is 30.4 Å². The van der Waals surface area contributed by atoms with E-state index >= 15 is 0 Å². The first-order chi connectivity index (χ1) is 12.0. The van der Waals surface area contributed by atoms with Crippen molar-refractivity contribution in [1.82, 2.24) is 0 Å². The van der Waals surface area contributed by atoms with Crippen LogP contribution in [0.15, 0.2) is 61.2 Å². The van der Waals surface area contributed by atoms with E-state index in [-0.39, 0.29) is 6.42 Å². The van der Waals surface area contributed by atoms with Gasteiger partial charge in [0.15, 0.2) is 0 Å². The Morgan fingerprint density at radius 3 is 2.56 bits per heavy atom. The standard InChI is InChI=1S/C21H20O3S/c1-2-13-21(25(22,23)24)14-5-8-19-18-10-9-15-6-3-4-7-16(15)17(18)11-12-20(19)21/h2-4,6-7,9-12H,1,5,8,13-14H2,(H,22,23,24). The highest BCUT2D eigenvalue weighted by atomic mass is 32.2. The van der Waals surface area contributed by atoms with Gasteiger partial charge in [0.25, 0.3) is 10.1 Å². The Kier molecular flexibility index (Phi) is 3.71. The molecule has 4 heteroatoms. The molecule has 0 spiro atoms. The highest BCUT2D eigenvalue weighted by Gasteiger charge is 2.46. The van der Waals surface area contributed by atoms with Crippen LogP contribution < -0.4 is 0 Å². The molecule has 128 valence electrons. The Morgan fingerprint density at radius 1 is 1.04 bits per heavy atom. The zero-order valence-corrected chi connectivity index (χ0v) is 14.7. The summed E-state index contributed by atoms with van der Waals surface area (Å²) in [5, 5.41) is 4.53. The lowest BCUT2D eigenvalue weighted by Gasteiger charge is -2.36. The predicted molar refractivity (Wildman–Crippen MR) is 102 cm³/mol. The summed E-state index contributed by atoms with van der Waals surface area (Å²) in [5.74, 6) is 0. The monoisotopic (exact) mass is 352 g/mol. The molecule has 1 unspecified atom stereocenters. The van der Waals surface area contributed by atoms with Crippen molar-refractivity contribution >= 4 is 31.7 Å². The van der Waals surface area contributed by atoms with Crippen LogP contribution in [0.5, 0.6) is 0 Å². The maximum atomic E-state index is 12.3. The molecule has 0 fully saturated rings. The van der Waals surface area contributed by atoms with E-state index in [0.717, 1.165) is 45.5 Å². The first-order valence-corrected chi connectivity index (χ1v) is 9.94. The molecule has 0 aliphatic heterocycles. The van der Waals surface area contributed by atoms with Gasteiger partial charge < -0.3 is 0 Å². The minimum atomic E-state index is -4.25. The molecule has 1 atom stereocenters. The van der Waals surface area contributed by atoms with Crippen LogP contribution in [0.4, 0.5) is 0 Å². The fourth-order valence-electron chi connectivity index (χ4n) is 4.35. The number of hydrogen-bond acceptors (Lipinski definition) is 2. The fraction of sp³-hybridized carbons (Fsp3) is 0.238. The van der Waals surface area contributed by atoms with Gasteiger partial charge in [0, 0.05) is 0 Å². The minimum absolute atomic E-state index is 0.220. The second-order valence-corrected chi connectivity index (χ2v) is 8.52. The molecule has 3 aromatic rings. The summed E-state index contributed by atoms with van der Waals surface area (Å²) in [7, 11) is -4.25. The third-order valence-electron chi connectivity index (χ3n) is 5.50. The molecule has 3 nitrogen and oxygen atoms in total. The largest absolute Gasteiger partial charge is 0.285 e. The Bertz CT molecular complexity index is 1100. The van der Waals surface area contributed by atoms with Gasteiger partial charge in [-0.15, -0.1) is 6.58 Å². The SMILES string of the molecule is C=CCC1(S(=O)(=O)O)CCCc2c1ccc1c2ccc2ccccc21. The van der Waals surface area contributed by atoms with Crippen LogP contribution in [0, 0.1) is 0 Å². The van der Waals surface area contributed by atoms with E-state index in [9.17, 15) is 13.0 Å². The molecule has 25 heavy (non-hydrogen) atoms. The van der Waals surface area contributed by atoms with Crippen molar-refractivity contribution in [3.8, 4) is 0 Å². The van der Waals surface area contributed by atoms with E-state index in [0.29, 0.717) is 6.42 Å². The number of rotatable bonds is 3. The second kappa shape index (κ2) is 5.68. The van der Waals surface area contributed by atoms with Crippen molar-refractivity contribution in [2.45, 2.75) is 30.4 Å². The summed E-state index contributed by atoms with van der Waals surface area (Å²) in [6, 6.07) is 16.2. The molecular weight excluding hydrogens is 332 g/mol. The second-order valence-electron chi connectivity index (χ2n) is 6.79. The van der Waals surface area contributed by atoms with Gasteiger partial charge in [0.1, 0.15) is 4.75 Å². The van der Waals surface area contributed by atoms with Crippen LogP contribution >= 0.6 is 0 Å².